The first-order valence-electron chi connectivity index (χ1n) is 12.0. The van der Waals surface area contributed by atoms with Crippen LogP contribution in [0, 0.1) is 18.7 Å². The Kier molecular flexibility index (Phi) is 4.37. The summed E-state index contributed by atoms with van der Waals surface area (Å²) in [5, 5.41) is 1.75. The van der Waals surface area contributed by atoms with Gasteiger partial charge in [-0.2, -0.15) is 0 Å². The number of fused-ring (bicyclic) bond motifs is 4. The lowest BCUT2D eigenvalue weighted by atomic mass is 9.49. The summed E-state index contributed by atoms with van der Waals surface area (Å²) in [5.74, 6) is 0.222. The number of amides is 1. The Morgan fingerprint density at radius 3 is 2.77 bits per heavy atom. The van der Waals surface area contributed by atoms with Crippen LogP contribution in [0.3, 0.4) is 0 Å². The first kappa shape index (κ1) is 21.2. The van der Waals surface area contributed by atoms with Gasteiger partial charge in [0.25, 0.3) is 5.91 Å². The Balaban J connectivity index is 1.31. The highest BCUT2D eigenvalue weighted by Gasteiger charge is 2.61. The fraction of sp³-hybridized carbons (Fsp3) is 0.370. The summed E-state index contributed by atoms with van der Waals surface area (Å²) in [6.07, 6.45) is 2.81. The van der Waals surface area contributed by atoms with Gasteiger partial charge in [-0.25, -0.2) is 14.4 Å². The Hall–Kier alpha value is -3.10. The Labute approximate surface area is 205 Å². The van der Waals surface area contributed by atoms with Gasteiger partial charge in [-0.15, -0.1) is 11.3 Å². The van der Waals surface area contributed by atoms with Crippen LogP contribution in [0.5, 0.6) is 0 Å². The molecule has 0 radical (unpaired) electrons. The Bertz CT molecular complexity index is 1550. The minimum absolute atomic E-state index is 0.0882. The van der Waals surface area contributed by atoms with E-state index < -0.39 is 5.82 Å². The topological polar surface area (TPSA) is 81.3 Å². The number of aryl methyl sites for hydroxylation is 1. The molecule has 8 heteroatoms. The monoisotopic (exact) mass is 488 g/mol. The number of halogens is 1. The van der Waals surface area contributed by atoms with Crippen LogP contribution in [0.2, 0.25) is 0 Å². The van der Waals surface area contributed by atoms with Crippen LogP contribution in [0.25, 0.3) is 21.1 Å². The standard InChI is InChI=1S/C27H25FN4O2S/c1-13-24-19(12-34-13)17-6-18(20(28)7-22(17)31-25(24)29)26(33)32(27-8-16(9-27)10-27)11-15-3-4-21-23(5-15)35-14(2)30-21/h3-7,13,16H,8-12H2,1-2H3,(H2,29,31)/t13-,16?,27?/m1/s1. The summed E-state index contributed by atoms with van der Waals surface area (Å²) in [5.41, 5.74) is 10.3. The second kappa shape index (κ2) is 7.21. The summed E-state index contributed by atoms with van der Waals surface area (Å²) < 4.78 is 22.3. The van der Waals surface area contributed by atoms with E-state index >= 15 is 4.39 Å². The van der Waals surface area contributed by atoms with Crippen molar-refractivity contribution in [1.29, 1.82) is 0 Å². The van der Waals surface area contributed by atoms with Crippen molar-refractivity contribution in [2.45, 2.75) is 57.9 Å². The molecule has 0 unspecified atom stereocenters. The number of pyridine rings is 1. The molecular formula is C27H25FN4O2S. The number of ether oxygens (including phenoxy) is 1. The fourth-order valence-corrected chi connectivity index (χ4v) is 7.07. The molecule has 8 rings (SSSR count). The molecule has 1 amide bonds. The van der Waals surface area contributed by atoms with Gasteiger partial charge in [0.2, 0.25) is 0 Å². The van der Waals surface area contributed by atoms with E-state index in [-0.39, 0.29) is 23.1 Å². The van der Waals surface area contributed by atoms with Gasteiger partial charge in [-0.05, 0) is 68.4 Å². The van der Waals surface area contributed by atoms with Gasteiger partial charge in [-0.3, -0.25) is 4.79 Å². The van der Waals surface area contributed by atoms with Crippen LogP contribution in [0.1, 0.15) is 64.3 Å². The summed E-state index contributed by atoms with van der Waals surface area (Å²) in [4.78, 5) is 24.8. The maximum absolute atomic E-state index is 15.4. The SMILES string of the molecule is Cc1nc2ccc(CN(C(=O)c3cc4c5c(c(N)nc4cc3F)[C@@H](C)OC5)C34CC(C3)C4)cc2s1. The second-order valence-corrected chi connectivity index (χ2v) is 11.6. The zero-order valence-corrected chi connectivity index (χ0v) is 20.4. The van der Waals surface area contributed by atoms with E-state index in [0.717, 1.165) is 56.6 Å². The van der Waals surface area contributed by atoms with Crippen LogP contribution < -0.4 is 5.73 Å². The average molecular weight is 489 g/mol. The Morgan fingerprint density at radius 1 is 1.23 bits per heavy atom. The van der Waals surface area contributed by atoms with Crippen molar-refractivity contribution in [1.82, 2.24) is 14.9 Å². The van der Waals surface area contributed by atoms with E-state index in [0.29, 0.717) is 30.4 Å². The summed E-state index contributed by atoms with van der Waals surface area (Å²) >= 11 is 1.65. The van der Waals surface area contributed by atoms with Crippen LogP contribution >= 0.6 is 11.3 Å². The predicted octanol–water partition coefficient (Wildman–Crippen LogP) is 5.66. The van der Waals surface area contributed by atoms with E-state index in [1.807, 2.05) is 30.9 Å². The molecule has 35 heavy (non-hydrogen) atoms. The third-order valence-corrected chi connectivity index (χ3v) is 9.02. The van der Waals surface area contributed by atoms with E-state index in [1.165, 1.54) is 6.07 Å². The summed E-state index contributed by atoms with van der Waals surface area (Å²) in [6, 6.07) is 9.15. The van der Waals surface area contributed by atoms with Gasteiger partial charge in [0.15, 0.2) is 0 Å². The van der Waals surface area contributed by atoms with Crippen molar-refractivity contribution in [3.8, 4) is 0 Å². The van der Waals surface area contributed by atoms with Crippen molar-refractivity contribution in [3.63, 3.8) is 0 Å². The average Bonchev–Trinajstić information content (AvgIpc) is 3.32. The molecule has 3 aliphatic carbocycles. The van der Waals surface area contributed by atoms with Crippen LogP contribution in [0.15, 0.2) is 30.3 Å². The highest BCUT2D eigenvalue weighted by Crippen LogP contribution is 2.61. The van der Waals surface area contributed by atoms with Crippen molar-refractivity contribution in [3.05, 3.63) is 63.4 Å². The molecule has 0 saturated heterocycles. The van der Waals surface area contributed by atoms with Gasteiger partial charge in [0.1, 0.15) is 11.6 Å². The molecule has 2 N–H and O–H groups in total. The fourth-order valence-electron chi connectivity index (χ4n) is 6.18. The van der Waals surface area contributed by atoms with Gasteiger partial charge < -0.3 is 15.4 Å². The molecule has 178 valence electrons. The van der Waals surface area contributed by atoms with Crippen LogP contribution in [-0.4, -0.2) is 26.3 Å². The third-order valence-electron chi connectivity index (χ3n) is 8.09. The molecule has 0 spiro atoms. The molecular weight excluding hydrogens is 463 g/mol. The molecule has 6 nitrogen and oxygen atoms in total. The largest absolute Gasteiger partial charge is 0.383 e. The minimum atomic E-state index is -0.563. The number of benzene rings is 2. The van der Waals surface area contributed by atoms with Crippen LogP contribution in [0.4, 0.5) is 10.2 Å². The number of rotatable bonds is 4. The number of thiazole rings is 1. The van der Waals surface area contributed by atoms with Gasteiger partial charge in [0, 0.05) is 29.1 Å². The number of carbonyl (C=O) groups is 1. The van der Waals surface area contributed by atoms with E-state index in [9.17, 15) is 4.79 Å². The highest BCUT2D eigenvalue weighted by atomic mass is 32.1. The molecule has 2 aromatic heterocycles. The predicted molar refractivity (Wildman–Crippen MR) is 134 cm³/mol. The summed E-state index contributed by atoms with van der Waals surface area (Å²) in [6.45, 7) is 4.75. The molecule has 4 aliphatic rings. The highest BCUT2D eigenvalue weighted by molar-refractivity contribution is 7.18. The van der Waals surface area contributed by atoms with Gasteiger partial charge in [0.05, 0.1) is 39.0 Å². The molecule has 1 atom stereocenters. The number of aromatic nitrogens is 2. The van der Waals surface area contributed by atoms with Crippen molar-refractivity contribution >= 4 is 44.2 Å². The second-order valence-electron chi connectivity index (χ2n) is 10.3. The lowest BCUT2D eigenvalue weighted by Gasteiger charge is -2.66. The minimum Gasteiger partial charge on any atom is -0.383 e. The molecule has 3 saturated carbocycles. The molecule has 4 aromatic rings. The molecule has 2 aromatic carbocycles. The number of nitrogens with two attached hydrogens (primary N) is 1. The number of anilines is 1. The van der Waals surface area contributed by atoms with Crippen molar-refractivity contribution in [2.75, 3.05) is 5.73 Å². The van der Waals surface area contributed by atoms with E-state index in [2.05, 4.69) is 16.0 Å². The summed E-state index contributed by atoms with van der Waals surface area (Å²) in [7, 11) is 0. The van der Waals surface area contributed by atoms with Gasteiger partial charge in [-0.1, -0.05) is 6.07 Å². The molecule has 3 heterocycles. The number of hydrogen-bond acceptors (Lipinski definition) is 6. The number of hydrogen-bond donors (Lipinski definition) is 1. The zero-order chi connectivity index (χ0) is 24.1. The first-order chi connectivity index (χ1) is 16.8. The quantitative estimate of drug-likeness (QED) is 0.401. The third kappa shape index (κ3) is 3.06. The van der Waals surface area contributed by atoms with Crippen molar-refractivity contribution < 1.29 is 13.9 Å². The van der Waals surface area contributed by atoms with Gasteiger partial charge >= 0.3 is 0 Å². The Morgan fingerprint density at radius 2 is 2.03 bits per heavy atom. The maximum Gasteiger partial charge on any atom is 0.257 e. The van der Waals surface area contributed by atoms with E-state index in [1.54, 1.807) is 17.4 Å². The van der Waals surface area contributed by atoms with Crippen LogP contribution in [-0.2, 0) is 17.9 Å². The molecule has 1 aliphatic heterocycles. The number of nitrogen functional groups attached to an aromatic ring is 1. The smallest absolute Gasteiger partial charge is 0.257 e. The number of carbonyl (C=O) groups excluding carboxylic acids is 1. The molecule has 2 bridgehead atoms. The lowest BCUT2D eigenvalue weighted by molar-refractivity contribution is -0.127. The maximum atomic E-state index is 15.4. The van der Waals surface area contributed by atoms with Crippen molar-refractivity contribution in [2.24, 2.45) is 5.92 Å². The normalized spacial score (nSPS) is 24.3. The molecule has 3 fully saturated rings. The lowest BCUT2D eigenvalue weighted by Crippen LogP contribution is -2.69. The zero-order valence-electron chi connectivity index (χ0n) is 19.6. The van der Waals surface area contributed by atoms with E-state index in [4.69, 9.17) is 10.5 Å². The first-order valence-corrected chi connectivity index (χ1v) is 12.8. The number of nitrogens with zero attached hydrogens (tertiary/aromatic N) is 3.